The van der Waals surface area contributed by atoms with E-state index in [1.54, 1.807) is 13.8 Å². The number of hydrogen-bond acceptors (Lipinski definition) is 5. The lowest BCUT2D eigenvalue weighted by molar-refractivity contribution is 0.0693. The van der Waals surface area contributed by atoms with Crippen LogP contribution >= 0.6 is 7.60 Å². The highest BCUT2D eigenvalue weighted by molar-refractivity contribution is 7.72. The Morgan fingerprint density at radius 1 is 1.11 bits per heavy atom. The molecule has 0 saturated carbocycles. The van der Waals surface area contributed by atoms with E-state index in [4.69, 9.17) is 14.2 Å². The molecule has 6 nitrogen and oxygen atoms in total. The molecule has 0 aliphatic carbocycles. The first-order valence-corrected chi connectivity index (χ1v) is 7.26. The molecule has 1 N–H and O–H groups in total. The molecule has 104 valence electrons. The monoisotopic (exact) mass is 286 g/mol. The highest BCUT2D eigenvalue weighted by atomic mass is 31.2. The van der Waals surface area contributed by atoms with Crippen LogP contribution in [0, 0.1) is 0 Å². The smallest absolute Gasteiger partial charge is 0.401 e. The second-order valence-electron chi connectivity index (χ2n) is 3.49. The largest absolute Gasteiger partial charge is 0.478 e. The fourth-order valence-corrected chi connectivity index (χ4v) is 2.98. The molecule has 1 aromatic rings. The van der Waals surface area contributed by atoms with Gasteiger partial charge in [-0.15, -0.1) is 0 Å². The van der Waals surface area contributed by atoms with Crippen molar-refractivity contribution in [2.75, 3.05) is 13.2 Å². The van der Waals surface area contributed by atoms with Crippen molar-refractivity contribution in [1.82, 2.24) is 0 Å². The van der Waals surface area contributed by atoms with Crippen molar-refractivity contribution in [2.24, 2.45) is 0 Å². The first kappa shape index (κ1) is 15.6. The predicted octanol–water partition coefficient (Wildman–Crippen LogP) is 2.79. The molecule has 0 aliphatic rings. The lowest BCUT2D eigenvalue weighted by Gasteiger charge is -2.16. The number of carboxylic acid groups (broad SMARTS) is 1. The summed E-state index contributed by atoms with van der Waals surface area (Å²) in [5.41, 5.74) is -1.35. The Kier molecular flexibility index (Phi) is 5.42. The summed E-state index contributed by atoms with van der Waals surface area (Å²) in [7, 11) is -4.00. The summed E-state index contributed by atoms with van der Waals surface area (Å²) < 4.78 is 22.1. The van der Waals surface area contributed by atoms with E-state index < -0.39 is 19.1 Å². The van der Waals surface area contributed by atoms with E-state index in [1.807, 2.05) is 0 Å². The summed E-state index contributed by atoms with van der Waals surface area (Å²) in [6, 6.07) is 5.52. The molecule has 0 radical (unpaired) electrons. The van der Waals surface area contributed by atoms with Crippen LogP contribution in [-0.2, 0) is 13.6 Å². The lowest BCUT2D eigenvalue weighted by atomic mass is 10.1. The fourth-order valence-electron chi connectivity index (χ4n) is 1.50. The standard InChI is InChI=1S/C12H15O6P/c1-3-17-19(16,18-4-2)12(15)10-8-6-5-7-9(10)11(13)14/h5-8H,3-4H2,1-2H3,(H,13,14). The molecule has 0 aromatic heterocycles. The highest BCUT2D eigenvalue weighted by Crippen LogP contribution is 2.51. The van der Waals surface area contributed by atoms with E-state index in [0.29, 0.717) is 0 Å². The Bertz CT molecular complexity index is 515. The van der Waals surface area contributed by atoms with Crippen LogP contribution in [-0.4, -0.2) is 29.8 Å². The number of benzene rings is 1. The third-order valence-electron chi connectivity index (χ3n) is 2.23. The van der Waals surface area contributed by atoms with Crippen LogP contribution < -0.4 is 0 Å². The van der Waals surface area contributed by atoms with Gasteiger partial charge >= 0.3 is 13.6 Å². The number of hydrogen-bond donors (Lipinski definition) is 1. The maximum absolute atomic E-state index is 12.3. The van der Waals surface area contributed by atoms with E-state index >= 15 is 0 Å². The van der Waals surface area contributed by atoms with Gasteiger partial charge < -0.3 is 14.2 Å². The van der Waals surface area contributed by atoms with Crippen molar-refractivity contribution in [3.63, 3.8) is 0 Å². The molecular weight excluding hydrogens is 271 g/mol. The van der Waals surface area contributed by atoms with Crippen molar-refractivity contribution in [3.8, 4) is 0 Å². The highest BCUT2D eigenvalue weighted by Gasteiger charge is 2.37. The topological polar surface area (TPSA) is 89.9 Å². The molecule has 0 heterocycles. The minimum Gasteiger partial charge on any atom is -0.478 e. The average Bonchev–Trinajstić information content (AvgIpc) is 2.38. The number of carboxylic acids is 1. The maximum atomic E-state index is 12.3. The first-order valence-electron chi connectivity index (χ1n) is 5.72. The van der Waals surface area contributed by atoms with E-state index in [9.17, 15) is 14.2 Å². The Morgan fingerprint density at radius 2 is 1.58 bits per heavy atom. The summed E-state index contributed by atoms with van der Waals surface area (Å²) >= 11 is 0. The molecule has 7 heteroatoms. The van der Waals surface area contributed by atoms with Crippen molar-refractivity contribution < 1.29 is 28.3 Å². The summed E-state index contributed by atoms with van der Waals surface area (Å²) in [6.45, 7) is 3.20. The molecular formula is C12H15O6P. The van der Waals surface area contributed by atoms with E-state index in [-0.39, 0.29) is 24.3 Å². The fraction of sp³-hybridized carbons (Fsp3) is 0.333. The Labute approximate surface area is 110 Å². The zero-order chi connectivity index (χ0) is 14.5. The molecule has 0 amide bonds. The molecule has 0 unspecified atom stereocenters. The van der Waals surface area contributed by atoms with Gasteiger partial charge in [-0.2, -0.15) is 0 Å². The molecule has 0 aliphatic heterocycles. The van der Waals surface area contributed by atoms with Gasteiger partial charge in [0.1, 0.15) is 0 Å². The third-order valence-corrected chi connectivity index (χ3v) is 4.17. The van der Waals surface area contributed by atoms with Crippen molar-refractivity contribution in [3.05, 3.63) is 35.4 Å². The van der Waals surface area contributed by atoms with E-state index in [0.717, 1.165) is 0 Å². The van der Waals surface area contributed by atoms with E-state index in [2.05, 4.69) is 0 Å². The Hall–Kier alpha value is -1.49. The normalized spacial score (nSPS) is 11.3. The minimum absolute atomic E-state index is 0.0260. The van der Waals surface area contributed by atoms with Gasteiger partial charge in [0.15, 0.2) is 0 Å². The molecule has 1 rings (SSSR count). The maximum Gasteiger partial charge on any atom is 0.401 e. The molecule has 0 spiro atoms. The van der Waals surface area contributed by atoms with E-state index in [1.165, 1.54) is 24.3 Å². The summed E-state index contributed by atoms with van der Waals surface area (Å²) in [5.74, 6) is -1.27. The van der Waals surface area contributed by atoms with Crippen molar-refractivity contribution in [2.45, 2.75) is 13.8 Å². The number of carbonyl (C=O) groups is 2. The van der Waals surface area contributed by atoms with Gasteiger partial charge in [-0.05, 0) is 26.0 Å². The number of rotatable bonds is 7. The van der Waals surface area contributed by atoms with Crippen molar-refractivity contribution >= 4 is 19.1 Å². The SMILES string of the molecule is CCOP(=O)(OCC)C(=O)c1ccccc1C(=O)O. The van der Waals surface area contributed by atoms with Gasteiger partial charge in [-0.1, -0.05) is 12.1 Å². The van der Waals surface area contributed by atoms with Crippen LogP contribution in [0.15, 0.2) is 24.3 Å². The van der Waals surface area contributed by atoms with Gasteiger partial charge in [0.2, 0.25) is 0 Å². The third kappa shape index (κ3) is 3.50. The van der Waals surface area contributed by atoms with Crippen LogP contribution in [0.1, 0.15) is 34.6 Å². The first-order chi connectivity index (χ1) is 8.96. The molecule has 19 heavy (non-hydrogen) atoms. The number of aromatic carboxylic acids is 1. The average molecular weight is 286 g/mol. The van der Waals surface area contributed by atoms with Crippen molar-refractivity contribution in [1.29, 1.82) is 0 Å². The molecule has 1 aromatic carbocycles. The van der Waals surface area contributed by atoms with Gasteiger partial charge in [0.25, 0.3) is 5.52 Å². The Balaban J connectivity index is 3.25. The zero-order valence-electron chi connectivity index (χ0n) is 10.7. The predicted molar refractivity (Wildman–Crippen MR) is 68.6 cm³/mol. The second-order valence-corrected chi connectivity index (χ2v) is 5.41. The molecule has 0 saturated heterocycles. The second kappa shape index (κ2) is 6.61. The van der Waals surface area contributed by atoms with Crippen LogP contribution in [0.5, 0.6) is 0 Å². The van der Waals surface area contributed by atoms with Crippen LogP contribution in [0.3, 0.4) is 0 Å². The summed E-state index contributed by atoms with van der Waals surface area (Å²) in [5, 5.41) is 9.02. The van der Waals surface area contributed by atoms with Gasteiger partial charge in [0, 0.05) is 5.56 Å². The van der Waals surface area contributed by atoms with Gasteiger partial charge in [-0.25, -0.2) is 4.79 Å². The minimum atomic E-state index is -4.00. The molecule has 0 fully saturated rings. The van der Waals surface area contributed by atoms with Crippen LogP contribution in [0.4, 0.5) is 0 Å². The summed E-state index contributed by atoms with van der Waals surface area (Å²) in [6.07, 6.45) is 0. The lowest BCUT2D eigenvalue weighted by Crippen LogP contribution is -2.12. The summed E-state index contributed by atoms with van der Waals surface area (Å²) in [4.78, 5) is 23.2. The molecule has 0 atom stereocenters. The Morgan fingerprint density at radius 3 is 2.00 bits per heavy atom. The van der Waals surface area contributed by atoms with Gasteiger partial charge in [-0.3, -0.25) is 9.36 Å². The zero-order valence-corrected chi connectivity index (χ0v) is 11.6. The number of carbonyl (C=O) groups excluding carboxylic acids is 1. The van der Waals surface area contributed by atoms with Crippen LogP contribution in [0.25, 0.3) is 0 Å². The molecule has 0 bridgehead atoms. The van der Waals surface area contributed by atoms with Gasteiger partial charge in [0.05, 0.1) is 18.8 Å². The van der Waals surface area contributed by atoms with Crippen LogP contribution in [0.2, 0.25) is 0 Å². The quantitative estimate of drug-likeness (QED) is 0.775.